The first-order chi connectivity index (χ1) is 5.24. The molecule has 1 aliphatic heterocycles. The SMILES string of the molecule is O=CN[C@@H]1CNC(=O)NC1=O. The summed E-state index contributed by atoms with van der Waals surface area (Å²) in [6.45, 7) is 0.142. The first-order valence-corrected chi connectivity index (χ1v) is 3.02. The summed E-state index contributed by atoms with van der Waals surface area (Å²) in [5.74, 6) is -0.485. The van der Waals surface area contributed by atoms with Crippen LogP contribution in [0, 0.1) is 0 Å². The molecule has 0 aliphatic carbocycles. The second kappa shape index (κ2) is 3.00. The molecule has 0 unspecified atom stereocenters. The van der Waals surface area contributed by atoms with Gasteiger partial charge in [-0.15, -0.1) is 0 Å². The first kappa shape index (κ1) is 7.52. The Morgan fingerprint density at radius 1 is 1.55 bits per heavy atom. The van der Waals surface area contributed by atoms with Crippen molar-refractivity contribution in [2.45, 2.75) is 6.04 Å². The molecule has 1 saturated heterocycles. The Morgan fingerprint density at radius 2 is 2.27 bits per heavy atom. The highest BCUT2D eigenvalue weighted by atomic mass is 16.2. The van der Waals surface area contributed by atoms with Gasteiger partial charge in [0.05, 0.1) is 0 Å². The number of imide groups is 1. The van der Waals surface area contributed by atoms with Crippen molar-refractivity contribution in [3.05, 3.63) is 0 Å². The summed E-state index contributed by atoms with van der Waals surface area (Å²) in [6.07, 6.45) is 0.418. The highest BCUT2D eigenvalue weighted by molar-refractivity contribution is 6.00. The summed E-state index contributed by atoms with van der Waals surface area (Å²) >= 11 is 0. The number of amides is 4. The van der Waals surface area contributed by atoms with Gasteiger partial charge in [0.1, 0.15) is 6.04 Å². The standard InChI is InChI=1S/C5H7N3O3/c9-2-7-3-1-6-5(11)8-4(3)10/h2-3H,1H2,(H,7,9)(H2,6,8,10,11)/t3-/m1/s1. The summed E-state index contributed by atoms with van der Waals surface area (Å²) in [7, 11) is 0. The average Bonchev–Trinajstić information content (AvgIpc) is 1.95. The third kappa shape index (κ3) is 1.66. The number of hydrogen-bond donors (Lipinski definition) is 3. The molecule has 0 aromatic heterocycles. The molecule has 4 amide bonds. The van der Waals surface area contributed by atoms with Gasteiger partial charge in [0.25, 0.3) is 5.91 Å². The van der Waals surface area contributed by atoms with E-state index >= 15 is 0 Å². The number of urea groups is 1. The van der Waals surface area contributed by atoms with Gasteiger partial charge in [0.15, 0.2) is 0 Å². The Kier molecular flexibility index (Phi) is 2.05. The fourth-order valence-electron chi connectivity index (χ4n) is 0.747. The van der Waals surface area contributed by atoms with E-state index in [1.54, 1.807) is 0 Å². The highest BCUT2D eigenvalue weighted by Gasteiger charge is 2.24. The molecule has 1 rings (SSSR count). The van der Waals surface area contributed by atoms with Crippen LogP contribution in [0.5, 0.6) is 0 Å². The summed E-state index contributed by atoms with van der Waals surface area (Å²) in [5.41, 5.74) is 0. The van der Waals surface area contributed by atoms with Crippen LogP contribution in [0.1, 0.15) is 0 Å². The fraction of sp³-hybridized carbons (Fsp3) is 0.400. The van der Waals surface area contributed by atoms with Gasteiger partial charge in [0.2, 0.25) is 6.41 Å². The van der Waals surface area contributed by atoms with Crippen molar-refractivity contribution in [3.63, 3.8) is 0 Å². The second-order valence-corrected chi connectivity index (χ2v) is 2.04. The average molecular weight is 157 g/mol. The van der Waals surface area contributed by atoms with Crippen molar-refractivity contribution in [2.75, 3.05) is 6.54 Å². The Labute approximate surface area is 62.3 Å². The lowest BCUT2D eigenvalue weighted by Gasteiger charge is -2.20. The molecule has 1 aliphatic rings. The van der Waals surface area contributed by atoms with Crippen molar-refractivity contribution < 1.29 is 14.4 Å². The maximum Gasteiger partial charge on any atom is 0.321 e. The predicted octanol–water partition coefficient (Wildman–Crippen LogP) is -2.06. The predicted molar refractivity (Wildman–Crippen MR) is 34.5 cm³/mol. The Hall–Kier alpha value is -1.59. The third-order valence-corrected chi connectivity index (χ3v) is 1.29. The van der Waals surface area contributed by atoms with Gasteiger partial charge in [-0.3, -0.25) is 14.9 Å². The fourth-order valence-corrected chi connectivity index (χ4v) is 0.747. The topological polar surface area (TPSA) is 87.3 Å². The minimum atomic E-state index is -0.648. The van der Waals surface area contributed by atoms with Gasteiger partial charge >= 0.3 is 6.03 Å². The Morgan fingerprint density at radius 3 is 2.82 bits per heavy atom. The van der Waals surface area contributed by atoms with Crippen LogP contribution in [0.2, 0.25) is 0 Å². The quantitative estimate of drug-likeness (QED) is 0.403. The van der Waals surface area contributed by atoms with Crippen molar-refractivity contribution in [1.29, 1.82) is 0 Å². The van der Waals surface area contributed by atoms with Gasteiger partial charge in [0, 0.05) is 6.54 Å². The van der Waals surface area contributed by atoms with E-state index in [4.69, 9.17) is 0 Å². The van der Waals surface area contributed by atoms with Crippen molar-refractivity contribution >= 4 is 18.3 Å². The molecule has 0 bridgehead atoms. The molecule has 0 spiro atoms. The molecule has 1 atom stereocenters. The minimum absolute atomic E-state index is 0.142. The number of hydrogen-bond acceptors (Lipinski definition) is 3. The highest BCUT2D eigenvalue weighted by Crippen LogP contribution is 1.86. The zero-order chi connectivity index (χ0) is 8.27. The van der Waals surface area contributed by atoms with Crippen LogP contribution in [-0.4, -0.2) is 30.9 Å². The number of carbonyl (C=O) groups excluding carboxylic acids is 3. The Bertz CT molecular complexity index is 203. The molecule has 6 nitrogen and oxygen atoms in total. The minimum Gasteiger partial charge on any atom is -0.345 e. The van der Waals surface area contributed by atoms with Gasteiger partial charge < -0.3 is 10.6 Å². The molecule has 60 valence electrons. The molecule has 3 N–H and O–H groups in total. The van der Waals surface area contributed by atoms with E-state index in [1.807, 2.05) is 5.32 Å². The number of carbonyl (C=O) groups is 3. The van der Waals surface area contributed by atoms with E-state index < -0.39 is 18.0 Å². The van der Waals surface area contributed by atoms with E-state index in [-0.39, 0.29) is 6.54 Å². The molecule has 11 heavy (non-hydrogen) atoms. The van der Waals surface area contributed by atoms with Crippen LogP contribution >= 0.6 is 0 Å². The lowest BCUT2D eigenvalue weighted by molar-refractivity contribution is -0.124. The first-order valence-electron chi connectivity index (χ1n) is 3.02. The molecule has 6 heteroatoms. The monoisotopic (exact) mass is 157 g/mol. The number of nitrogens with one attached hydrogen (secondary N) is 3. The van der Waals surface area contributed by atoms with Crippen LogP contribution in [0.4, 0.5) is 4.79 Å². The largest absolute Gasteiger partial charge is 0.345 e. The van der Waals surface area contributed by atoms with Crippen LogP contribution in [0.15, 0.2) is 0 Å². The van der Waals surface area contributed by atoms with Crippen LogP contribution in [0.25, 0.3) is 0 Å². The van der Waals surface area contributed by atoms with Crippen molar-refractivity contribution in [2.24, 2.45) is 0 Å². The molecule has 0 radical (unpaired) electrons. The maximum absolute atomic E-state index is 10.8. The smallest absolute Gasteiger partial charge is 0.321 e. The van der Waals surface area contributed by atoms with E-state index in [1.165, 1.54) is 0 Å². The van der Waals surface area contributed by atoms with E-state index in [0.717, 1.165) is 0 Å². The normalized spacial score (nSPS) is 23.5. The molecular weight excluding hydrogens is 150 g/mol. The molecule has 1 fully saturated rings. The second-order valence-electron chi connectivity index (χ2n) is 2.04. The summed E-state index contributed by atoms with van der Waals surface area (Å²) in [4.78, 5) is 31.2. The third-order valence-electron chi connectivity index (χ3n) is 1.29. The van der Waals surface area contributed by atoms with Gasteiger partial charge in [-0.05, 0) is 0 Å². The van der Waals surface area contributed by atoms with Crippen molar-refractivity contribution in [3.8, 4) is 0 Å². The molecule has 0 saturated carbocycles. The molecular formula is C5H7N3O3. The molecule has 1 heterocycles. The molecule has 0 aromatic carbocycles. The summed E-state index contributed by atoms with van der Waals surface area (Å²) in [5, 5.41) is 6.61. The lowest BCUT2D eigenvalue weighted by atomic mass is 10.2. The van der Waals surface area contributed by atoms with Gasteiger partial charge in [-0.25, -0.2) is 4.79 Å². The van der Waals surface area contributed by atoms with E-state index in [9.17, 15) is 14.4 Å². The Balaban J connectivity index is 2.50. The van der Waals surface area contributed by atoms with Crippen LogP contribution < -0.4 is 16.0 Å². The zero-order valence-corrected chi connectivity index (χ0v) is 5.59. The van der Waals surface area contributed by atoms with E-state index in [2.05, 4.69) is 10.6 Å². The van der Waals surface area contributed by atoms with E-state index in [0.29, 0.717) is 6.41 Å². The van der Waals surface area contributed by atoms with Crippen molar-refractivity contribution in [1.82, 2.24) is 16.0 Å². The van der Waals surface area contributed by atoms with Gasteiger partial charge in [-0.2, -0.15) is 0 Å². The zero-order valence-electron chi connectivity index (χ0n) is 5.59. The van der Waals surface area contributed by atoms with Crippen LogP contribution in [-0.2, 0) is 9.59 Å². The molecule has 0 aromatic rings. The maximum atomic E-state index is 10.8. The van der Waals surface area contributed by atoms with Crippen LogP contribution in [0.3, 0.4) is 0 Å². The summed E-state index contributed by atoms with van der Waals surface area (Å²) < 4.78 is 0. The lowest BCUT2D eigenvalue weighted by Crippen LogP contribution is -2.59. The number of rotatable bonds is 2. The van der Waals surface area contributed by atoms with Gasteiger partial charge in [-0.1, -0.05) is 0 Å². The summed E-state index contributed by atoms with van der Waals surface area (Å²) in [6, 6.07) is -1.18.